The fourth-order valence-electron chi connectivity index (χ4n) is 4.02. The highest BCUT2D eigenvalue weighted by Crippen LogP contribution is 2.64. The standard InChI is InChI=1S/C25H26ClF3N4O6P/c1-13-7-20(35-11-16-12-36-40(34,38-16)39-24(3,4)5)14(2)6-17(13)21-31-23(37-32-21)19-10-33-9-15(25(27,28)29)8-18(26)22(33)30-19/h6-10,16,34H,11-12H2,1-5H3/q+1/t16-,40?/m0/s1. The molecule has 5 rings (SSSR count). The van der Waals surface area contributed by atoms with E-state index in [4.69, 9.17) is 34.4 Å². The fourth-order valence-corrected chi connectivity index (χ4v) is 5.98. The molecule has 2 atom stereocenters. The van der Waals surface area contributed by atoms with Gasteiger partial charge in [0.1, 0.15) is 30.3 Å². The van der Waals surface area contributed by atoms with Crippen molar-refractivity contribution in [2.24, 2.45) is 0 Å². The lowest BCUT2D eigenvalue weighted by atomic mass is 10.0. The number of rotatable bonds is 6. The summed E-state index contributed by atoms with van der Waals surface area (Å²) in [5.41, 5.74) is 0.986. The number of imidazole rings is 1. The van der Waals surface area contributed by atoms with Gasteiger partial charge in [0.05, 0.1) is 10.6 Å². The summed E-state index contributed by atoms with van der Waals surface area (Å²) in [6.07, 6.45) is -2.84. The summed E-state index contributed by atoms with van der Waals surface area (Å²) in [4.78, 5) is 19.1. The molecule has 1 unspecified atom stereocenters. The molecule has 0 radical (unpaired) electrons. The molecule has 1 fully saturated rings. The Kier molecular flexibility index (Phi) is 7.35. The molecule has 1 aromatic carbocycles. The molecule has 1 saturated heterocycles. The maximum atomic E-state index is 13.2. The number of pyridine rings is 1. The van der Waals surface area contributed by atoms with Crippen molar-refractivity contribution in [3.63, 3.8) is 0 Å². The van der Waals surface area contributed by atoms with Gasteiger partial charge >= 0.3 is 14.3 Å². The Morgan fingerprint density at radius 2 is 1.88 bits per heavy atom. The van der Waals surface area contributed by atoms with Crippen molar-refractivity contribution >= 4 is 25.4 Å². The van der Waals surface area contributed by atoms with Gasteiger partial charge in [-0.05, 0) is 63.9 Å². The average molecular weight is 602 g/mol. The summed E-state index contributed by atoms with van der Waals surface area (Å²) in [7, 11) is -3.41. The van der Waals surface area contributed by atoms with E-state index in [-0.39, 0.29) is 41.3 Å². The predicted molar refractivity (Wildman–Crippen MR) is 140 cm³/mol. The van der Waals surface area contributed by atoms with Crippen LogP contribution in [0.4, 0.5) is 13.2 Å². The molecule has 0 aliphatic carbocycles. The Hall–Kier alpha value is -2.80. The van der Waals surface area contributed by atoms with Crippen LogP contribution in [0.5, 0.6) is 5.75 Å². The number of hydrogen-bond acceptors (Lipinski definition) is 9. The van der Waals surface area contributed by atoms with Gasteiger partial charge < -0.3 is 13.7 Å². The zero-order chi connectivity index (χ0) is 29.0. The van der Waals surface area contributed by atoms with Crippen LogP contribution < -0.4 is 4.74 Å². The highest BCUT2D eigenvalue weighted by molar-refractivity contribution is 7.55. The van der Waals surface area contributed by atoms with Crippen LogP contribution in [0.1, 0.15) is 37.5 Å². The Balaban J connectivity index is 1.31. The number of hydrogen-bond donors (Lipinski definition) is 1. The maximum Gasteiger partial charge on any atom is 0.573 e. The molecule has 10 nitrogen and oxygen atoms in total. The van der Waals surface area contributed by atoms with E-state index >= 15 is 0 Å². The molecule has 40 heavy (non-hydrogen) atoms. The average Bonchev–Trinajstić information content (AvgIpc) is 3.56. The van der Waals surface area contributed by atoms with Crippen LogP contribution in [0.15, 0.2) is 35.1 Å². The fraction of sp³-hybridized carbons (Fsp3) is 0.400. The zero-order valence-electron chi connectivity index (χ0n) is 22.1. The summed E-state index contributed by atoms with van der Waals surface area (Å²) < 4.78 is 68.5. The molecule has 1 N–H and O–H groups in total. The first kappa shape index (κ1) is 28.7. The van der Waals surface area contributed by atoms with Crippen molar-refractivity contribution < 1.29 is 40.9 Å². The highest BCUT2D eigenvalue weighted by atomic mass is 35.5. The Labute approximate surface area is 232 Å². The zero-order valence-corrected chi connectivity index (χ0v) is 23.8. The lowest BCUT2D eigenvalue weighted by Gasteiger charge is -2.19. The second-order valence-corrected chi connectivity index (χ2v) is 12.3. The van der Waals surface area contributed by atoms with E-state index in [1.807, 2.05) is 26.0 Å². The molecular weight excluding hydrogens is 576 g/mol. The number of alkyl halides is 3. The van der Waals surface area contributed by atoms with Crippen molar-refractivity contribution in [3.05, 3.63) is 52.3 Å². The Bertz CT molecular complexity index is 1570. The molecule has 0 bridgehead atoms. The van der Waals surface area contributed by atoms with Gasteiger partial charge in [-0.1, -0.05) is 16.8 Å². The third-order valence-electron chi connectivity index (χ3n) is 5.76. The first-order valence-corrected chi connectivity index (χ1v) is 14.0. The lowest BCUT2D eigenvalue weighted by molar-refractivity contribution is -0.137. The third-order valence-corrected chi connectivity index (χ3v) is 7.86. The van der Waals surface area contributed by atoms with E-state index in [2.05, 4.69) is 15.1 Å². The van der Waals surface area contributed by atoms with Gasteiger partial charge in [-0.15, -0.1) is 9.05 Å². The Morgan fingerprint density at radius 3 is 2.58 bits per heavy atom. The molecule has 4 heterocycles. The topological polar surface area (TPSA) is 113 Å². The molecular formula is C25H26ClF3N4O6P+. The van der Waals surface area contributed by atoms with Crippen molar-refractivity contribution in [1.29, 1.82) is 0 Å². The van der Waals surface area contributed by atoms with Crippen LogP contribution in [0.2, 0.25) is 5.02 Å². The van der Waals surface area contributed by atoms with Gasteiger partial charge in [0, 0.05) is 18.0 Å². The van der Waals surface area contributed by atoms with Gasteiger partial charge in [0.15, 0.2) is 11.8 Å². The molecule has 0 amide bonds. The van der Waals surface area contributed by atoms with Gasteiger partial charge in [-0.3, -0.25) is 0 Å². The summed E-state index contributed by atoms with van der Waals surface area (Å²) in [6, 6.07) is 4.45. The summed E-state index contributed by atoms with van der Waals surface area (Å²) in [6.45, 7) is 9.34. The van der Waals surface area contributed by atoms with Crippen LogP contribution in [0, 0.1) is 13.8 Å². The van der Waals surface area contributed by atoms with Gasteiger partial charge in [-0.25, -0.2) is 4.98 Å². The van der Waals surface area contributed by atoms with Gasteiger partial charge in [0.2, 0.25) is 5.82 Å². The normalized spacial score (nSPS) is 20.0. The van der Waals surface area contributed by atoms with Crippen LogP contribution in [0.3, 0.4) is 0 Å². The lowest BCUT2D eigenvalue weighted by Crippen LogP contribution is -2.22. The van der Waals surface area contributed by atoms with Crippen LogP contribution in [0.25, 0.3) is 28.6 Å². The molecule has 1 aliphatic heterocycles. The third kappa shape index (κ3) is 6.09. The maximum absolute atomic E-state index is 13.2. The molecule has 0 saturated carbocycles. The Morgan fingerprint density at radius 1 is 1.12 bits per heavy atom. The molecule has 3 aromatic heterocycles. The first-order chi connectivity index (χ1) is 18.6. The monoisotopic (exact) mass is 601 g/mol. The minimum atomic E-state index is -4.56. The number of nitrogens with zero attached hydrogens (tertiary/aromatic N) is 4. The summed E-state index contributed by atoms with van der Waals surface area (Å²) in [5, 5.41) is 3.87. The molecule has 15 heteroatoms. The van der Waals surface area contributed by atoms with Gasteiger partial charge in [0.25, 0.3) is 5.89 Å². The number of halogens is 4. The number of aryl methyl sites for hydroxylation is 2. The van der Waals surface area contributed by atoms with Crippen LogP contribution in [-0.4, -0.2) is 49.3 Å². The number of benzene rings is 1. The minimum absolute atomic E-state index is 0.0207. The number of aromatic nitrogens is 4. The predicted octanol–water partition coefficient (Wildman–Crippen LogP) is 6.62. The largest absolute Gasteiger partial charge is 0.573 e. The first-order valence-electron chi connectivity index (χ1n) is 12.1. The van der Waals surface area contributed by atoms with Gasteiger partial charge in [-0.2, -0.15) is 27.6 Å². The van der Waals surface area contributed by atoms with E-state index in [0.717, 1.165) is 23.4 Å². The smallest absolute Gasteiger partial charge is 0.490 e. The van der Waals surface area contributed by atoms with Crippen LogP contribution >= 0.6 is 19.8 Å². The van der Waals surface area contributed by atoms with E-state index in [9.17, 15) is 18.1 Å². The number of fused-ring (bicyclic) bond motifs is 1. The molecule has 214 valence electrons. The SMILES string of the molecule is Cc1cc(-c2noc(-c3cn4cc(C(F)(F)F)cc(Cl)c4n3)n2)c(C)cc1OC[C@H]1CO[P+](O)(OC(C)(C)C)O1. The van der Waals surface area contributed by atoms with E-state index in [0.29, 0.717) is 11.3 Å². The van der Waals surface area contributed by atoms with Crippen molar-refractivity contribution in [3.8, 4) is 28.7 Å². The molecule has 4 aromatic rings. The highest BCUT2D eigenvalue weighted by Gasteiger charge is 2.57. The number of ether oxygens (including phenoxy) is 1. The van der Waals surface area contributed by atoms with Crippen molar-refractivity contribution in [2.45, 2.75) is 52.5 Å². The quantitative estimate of drug-likeness (QED) is 0.244. The van der Waals surface area contributed by atoms with Crippen molar-refractivity contribution in [1.82, 2.24) is 19.5 Å². The van der Waals surface area contributed by atoms with Crippen molar-refractivity contribution in [2.75, 3.05) is 13.2 Å². The summed E-state index contributed by atoms with van der Waals surface area (Å²) in [5.74, 6) is 0.880. The summed E-state index contributed by atoms with van der Waals surface area (Å²) >= 11 is 6.04. The van der Waals surface area contributed by atoms with E-state index in [1.165, 1.54) is 10.6 Å². The van der Waals surface area contributed by atoms with E-state index in [1.54, 1.807) is 20.8 Å². The second-order valence-electron chi connectivity index (χ2n) is 10.3. The minimum Gasteiger partial charge on any atom is -0.490 e. The molecule has 1 aliphatic rings. The van der Waals surface area contributed by atoms with Crippen LogP contribution in [-0.2, 0) is 19.7 Å². The second kappa shape index (κ2) is 10.2. The molecule has 0 spiro atoms. The van der Waals surface area contributed by atoms with E-state index < -0.39 is 31.6 Å².